The Morgan fingerprint density at radius 2 is 1.92 bits per heavy atom. The lowest BCUT2D eigenvalue weighted by molar-refractivity contribution is -0.116. The Balaban J connectivity index is 1.44. The third-order valence-corrected chi connectivity index (χ3v) is 3.87. The van der Waals surface area contributed by atoms with Crippen molar-refractivity contribution in [2.75, 3.05) is 11.9 Å². The average molecular weight is 350 g/mol. The number of anilines is 1. The third-order valence-electron chi connectivity index (χ3n) is 3.87. The number of hydrogen-bond donors (Lipinski definition) is 2. The predicted octanol–water partition coefficient (Wildman–Crippen LogP) is 3.89. The van der Waals surface area contributed by atoms with Crippen molar-refractivity contribution in [1.29, 1.82) is 0 Å². The van der Waals surface area contributed by atoms with Gasteiger partial charge in [-0.15, -0.1) is 5.10 Å². The van der Waals surface area contributed by atoms with Gasteiger partial charge in [-0.1, -0.05) is 42.0 Å². The first-order valence-electron chi connectivity index (χ1n) is 8.59. The summed E-state index contributed by atoms with van der Waals surface area (Å²) in [5, 5.41) is 9.58. The molecule has 3 aromatic rings. The Morgan fingerprint density at radius 1 is 1.12 bits per heavy atom. The quantitative estimate of drug-likeness (QED) is 0.634. The minimum atomic E-state index is -0.132. The molecule has 26 heavy (non-hydrogen) atoms. The van der Waals surface area contributed by atoms with Gasteiger partial charge in [0.15, 0.2) is 5.82 Å². The molecular formula is C20H22N4O2. The first-order valence-corrected chi connectivity index (χ1v) is 8.59. The average Bonchev–Trinajstić information content (AvgIpc) is 3.08. The van der Waals surface area contributed by atoms with Crippen LogP contribution in [0.2, 0.25) is 0 Å². The lowest BCUT2D eigenvalue weighted by Crippen LogP contribution is -2.13. The standard InChI is InChI=1S/C20H22N4O2/c1-14-8-10-16(11-9-14)19-22-20(24-23-19)21-18(25)7-4-12-26-17-6-3-5-15(2)13-17/h3,5-6,8-11,13H,4,7,12H2,1-2H3,(H2,21,22,23,24,25). The number of amides is 1. The summed E-state index contributed by atoms with van der Waals surface area (Å²) in [4.78, 5) is 16.3. The molecule has 2 aromatic carbocycles. The maximum Gasteiger partial charge on any atom is 0.249 e. The second kappa shape index (κ2) is 8.29. The van der Waals surface area contributed by atoms with Crippen LogP contribution in [0.5, 0.6) is 5.75 Å². The van der Waals surface area contributed by atoms with Crippen molar-refractivity contribution in [2.45, 2.75) is 26.7 Å². The summed E-state index contributed by atoms with van der Waals surface area (Å²) >= 11 is 0. The molecule has 2 N–H and O–H groups in total. The number of ether oxygens (including phenoxy) is 1. The molecule has 1 heterocycles. The number of aromatic nitrogens is 3. The molecular weight excluding hydrogens is 328 g/mol. The number of carbonyl (C=O) groups excluding carboxylic acids is 1. The number of aromatic amines is 1. The van der Waals surface area contributed by atoms with E-state index in [0.29, 0.717) is 25.3 Å². The van der Waals surface area contributed by atoms with Gasteiger partial charge in [0.1, 0.15) is 5.75 Å². The van der Waals surface area contributed by atoms with Crippen molar-refractivity contribution >= 4 is 11.9 Å². The molecule has 0 aliphatic carbocycles. The highest BCUT2D eigenvalue weighted by Crippen LogP contribution is 2.16. The van der Waals surface area contributed by atoms with Crippen molar-refractivity contribution in [3.8, 4) is 17.1 Å². The molecule has 1 aromatic heterocycles. The van der Waals surface area contributed by atoms with Crippen LogP contribution >= 0.6 is 0 Å². The zero-order valence-electron chi connectivity index (χ0n) is 15.0. The van der Waals surface area contributed by atoms with E-state index in [1.807, 2.05) is 62.4 Å². The van der Waals surface area contributed by atoms with E-state index in [2.05, 4.69) is 20.5 Å². The van der Waals surface area contributed by atoms with Crippen LogP contribution in [0.25, 0.3) is 11.4 Å². The van der Waals surface area contributed by atoms with E-state index in [0.717, 1.165) is 16.9 Å². The monoisotopic (exact) mass is 350 g/mol. The summed E-state index contributed by atoms with van der Waals surface area (Å²) in [6.07, 6.45) is 0.967. The summed E-state index contributed by atoms with van der Waals surface area (Å²) in [6.45, 7) is 4.53. The van der Waals surface area contributed by atoms with E-state index in [1.54, 1.807) is 0 Å². The minimum absolute atomic E-state index is 0.132. The number of rotatable bonds is 7. The fourth-order valence-corrected chi connectivity index (χ4v) is 2.47. The number of carbonyl (C=O) groups is 1. The fourth-order valence-electron chi connectivity index (χ4n) is 2.47. The van der Waals surface area contributed by atoms with E-state index >= 15 is 0 Å². The Bertz CT molecular complexity index is 872. The van der Waals surface area contributed by atoms with E-state index in [1.165, 1.54) is 5.56 Å². The van der Waals surface area contributed by atoms with Gasteiger partial charge in [-0.3, -0.25) is 15.2 Å². The minimum Gasteiger partial charge on any atom is -0.494 e. The molecule has 0 saturated heterocycles. The van der Waals surface area contributed by atoms with Gasteiger partial charge < -0.3 is 4.74 Å². The molecule has 0 spiro atoms. The summed E-state index contributed by atoms with van der Waals surface area (Å²) in [5.74, 6) is 1.60. The molecule has 0 aliphatic heterocycles. The van der Waals surface area contributed by atoms with Gasteiger partial charge in [-0.05, 0) is 38.0 Å². The molecule has 1 amide bonds. The van der Waals surface area contributed by atoms with Gasteiger partial charge in [-0.2, -0.15) is 4.98 Å². The number of benzene rings is 2. The van der Waals surface area contributed by atoms with Crippen molar-refractivity contribution in [2.24, 2.45) is 0 Å². The molecule has 6 heteroatoms. The van der Waals surface area contributed by atoms with Gasteiger partial charge in [0, 0.05) is 12.0 Å². The van der Waals surface area contributed by atoms with Crippen LogP contribution in [0.3, 0.4) is 0 Å². The lowest BCUT2D eigenvalue weighted by atomic mass is 10.1. The second-order valence-corrected chi connectivity index (χ2v) is 6.19. The smallest absolute Gasteiger partial charge is 0.249 e. The van der Waals surface area contributed by atoms with Crippen molar-refractivity contribution in [3.63, 3.8) is 0 Å². The first kappa shape index (κ1) is 17.7. The maximum atomic E-state index is 12.0. The van der Waals surface area contributed by atoms with Crippen LogP contribution < -0.4 is 10.1 Å². The van der Waals surface area contributed by atoms with E-state index < -0.39 is 0 Å². The van der Waals surface area contributed by atoms with Crippen molar-refractivity contribution < 1.29 is 9.53 Å². The largest absolute Gasteiger partial charge is 0.494 e. The first-order chi connectivity index (χ1) is 12.6. The van der Waals surface area contributed by atoms with E-state index in [9.17, 15) is 4.79 Å². The number of hydrogen-bond acceptors (Lipinski definition) is 4. The lowest BCUT2D eigenvalue weighted by Gasteiger charge is -2.06. The second-order valence-electron chi connectivity index (χ2n) is 6.19. The molecule has 0 aliphatic rings. The van der Waals surface area contributed by atoms with E-state index in [-0.39, 0.29) is 11.9 Å². The number of aryl methyl sites for hydroxylation is 2. The Kier molecular flexibility index (Phi) is 5.63. The third kappa shape index (κ3) is 4.92. The van der Waals surface area contributed by atoms with Gasteiger partial charge in [0.2, 0.25) is 11.9 Å². The molecule has 0 radical (unpaired) electrons. The van der Waals surface area contributed by atoms with Gasteiger partial charge in [-0.25, -0.2) is 0 Å². The van der Waals surface area contributed by atoms with Gasteiger partial charge in [0.05, 0.1) is 6.61 Å². The van der Waals surface area contributed by atoms with Gasteiger partial charge >= 0.3 is 0 Å². The molecule has 6 nitrogen and oxygen atoms in total. The Labute approximate surface area is 152 Å². The summed E-state index contributed by atoms with van der Waals surface area (Å²) in [5.41, 5.74) is 3.25. The molecule has 0 bridgehead atoms. The molecule has 3 rings (SSSR count). The van der Waals surface area contributed by atoms with Crippen LogP contribution in [-0.4, -0.2) is 27.7 Å². The molecule has 0 fully saturated rings. The summed E-state index contributed by atoms with van der Waals surface area (Å²) in [7, 11) is 0. The van der Waals surface area contributed by atoms with Crippen LogP contribution in [-0.2, 0) is 4.79 Å². The van der Waals surface area contributed by atoms with Crippen LogP contribution in [0.1, 0.15) is 24.0 Å². The highest BCUT2D eigenvalue weighted by atomic mass is 16.5. The topological polar surface area (TPSA) is 79.9 Å². The molecule has 134 valence electrons. The zero-order chi connectivity index (χ0) is 18.4. The van der Waals surface area contributed by atoms with Crippen molar-refractivity contribution in [3.05, 3.63) is 59.7 Å². The zero-order valence-corrected chi connectivity index (χ0v) is 15.0. The summed E-state index contributed by atoms with van der Waals surface area (Å²) < 4.78 is 5.64. The Morgan fingerprint density at radius 3 is 2.69 bits per heavy atom. The number of H-pyrrole nitrogens is 1. The SMILES string of the molecule is Cc1ccc(-c2nc(NC(=O)CCCOc3cccc(C)c3)n[nH]2)cc1. The fraction of sp³-hybridized carbons (Fsp3) is 0.250. The predicted molar refractivity (Wildman–Crippen MR) is 101 cm³/mol. The Hall–Kier alpha value is -3.15. The molecule has 0 saturated carbocycles. The highest BCUT2D eigenvalue weighted by molar-refractivity contribution is 5.89. The maximum absolute atomic E-state index is 12.0. The van der Waals surface area contributed by atoms with Crippen LogP contribution in [0.4, 0.5) is 5.95 Å². The van der Waals surface area contributed by atoms with Crippen LogP contribution in [0.15, 0.2) is 48.5 Å². The number of nitrogens with one attached hydrogen (secondary N) is 2. The molecule has 0 unspecified atom stereocenters. The molecule has 0 atom stereocenters. The van der Waals surface area contributed by atoms with E-state index in [4.69, 9.17) is 4.74 Å². The van der Waals surface area contributed by atoms with Crippen molar-refractivity contribution in [1.82, 2.24) is 15.2 Å². The summed E-state index contributed by atoms with van der Waals surface area (Å²) in [6, 6.07) is 15.8. The number of nitrogens with zero attached hydrogens (tertiary/aromatic N) is 2. The van der Waals surface area contributed by atoms with Gasteiger partial charge in [0.25, 0.3) is 0 Å². The van der Waals surface area contributed by atoms with Crippen LogP contribution in [0, 0.1) is 13.8 Å². The normalized spacial score (nSPS) is 10.5. The highest BCUT2D eigenvalue weighted by Gasteiger charge is 2.09.